The minimum Gasteiger partial charge on any atom is -0.338 e. The van der Waals surface area contributed by atoms with E-state index in [0.29, 0.717) is 23.9 Å². The van der Waals surface area contributed by atoms with E-state index in [1.807, 2.05) is 13.8 Å². The Morgan fingerprint density at radius 2 is 2.22 bits per heavy atom. The number of aromatic nitrogens is 2. The lowest BCUT2D eigenvalue weighted by Crippen LogP contribution is -2.20. The summed E-state index contributed by atoms with van der Waals surface area (Å²) in [5.74, 6) is 0.0835. The third kappa shape index (κ3) is 5.90. The molecule has 6 nitrogen and oxygen atoms in total. The molecule has 0 fully saturated rings. The number of hydrogen-bond acceptors (Lipinski definition) is 5. The van der Waals surface area contributed by atoms with Crippen LogP contribution in [0.4, 0.5) is 10.1 Å². The molecule has 1 amide bonds. The van der Waals surface area contributed by atoms with Crippen LogP contribution in [0, 0.1) is 11.7 Å². The highest BCUT2D eigenvalue weighted by Gasteiger charge is 2.14. The molecule has 23 heavy (non-hydrogen) atoms. The molecule has 0 saturated carbocycles. The minimum atomic E-state index is -1.48. The van der Waals surface area contributed by atoms with Crippen LogP contribution < -0.4 is 5.32 Å². The molecule has 1 unspecified atom stereocenters. The number of carbonyl (C=O) groups is 1. The first-order valence-electron chi connectivity index (χ1n) is 7.14. The molecular weight excluding hydrogens is 321 g/mol. The van der Waals surface area contributed by atoms with E-state index in [9.17, 15) is 13.4 Å². The standard InChI is InChI=1S/C15H18FN3O3S/c1-10(2)6-13-18-15(22-19-13)9-23(21)8-14(20)17-12-5-3-4-11(16)7-12/h3-5,7,10H,6,8-9H2,1-2H3,(H,17,20). The van der Waals surface area contributed by atoms with Crippen molar-refractivity contribution < 1.29 is 17.9 Å². The average Bonchev–Trinajstić information content (AvgIpc) is 2.84. The first-order chi connectivity index (χ1) is 10.9. The molecule has 0 aliphatic heterocycles. The second kappa shape index (κ2) is 7.96. The van der Waals surface area contributed by atoms with Gasteiger partial charge >= 0.3 is 0 Å². The molecule has 0 aliphatic rings. The van der Waals surface area contributed by atoms with E-state index in [1.165, 1.54) is 18.2 Å². The number of halogens is 1. The van der Waals surface area contributed by atoms with E-state index in [-0.39, 0.29) is 17.4 Å². The quantitative estimate of drug-likeness (QED) is 0.836. The van der Waals surface area contributed by atoms with Crippen LogP contribution in [-0.4, -0.2) is 26.0 Å². The van der Waals surface area contributed by atoms with E-state index >= 15 is 0 Å². The van der Waals surface area contributed by atoms with Crippen LogP contribution >= 0.6 is 0 Å². The Balaban J connectivity index is 1.84. The van der Waals surface area contributed by atoms with Crippen LogP contribution in [0.2, 0.25) is 0 Å². The van der Waals surface area contributed by atoms with Gasteiger partial charge < -0.3 is 9.84 Å². The summed E-state index contributed by atoms with van der Waals surface area (Å²) in [6, 6.07) is 5.51. The molecule has 2 rings (SSSR count). The summed E-state index contributed by atoms with van der Waals surface area (Å²) in [7, 11) is -1.48. The molecule has 8 heteroatoms. The number of nitrogens with one attached hydrogen (secondary N) is 1. The van der Waals surface area contributed by atoms with Gasteiger partial charge in [-0.25, -0.2) is 4.39 Å². The van der Waals surface area contributed by atoms with E-state index in [1.54, 1.807) is 6.07 Å². The SMILES string of the molecule is CC(C)Cc1noc(CS(=O)CC(=O)Nc2cccc(F)c2)n1. The largest absolute Gasteiger partial charge is 0.338 e. The zero-order chi connectivity index (χ0) is 16.8. The molecule has 1 atom stereocenters. The minimum absolute atomic E-state index is 0.0155. The molecule has 124 valence electrons. The highest BCUT2D eigenvalue weighted by molar-refractivity contribution is 7.84. The van der Waals surface area contributed by atoms with Crippen molar-refractivity contribution >= 4 is 22.4 Å². The number of nitrogens with zero attached hydrogens (tertiary/aromatic N) is 2. The van der Waals surface area contributed by atoms with Crippen molar-refractivity contribution in [2.75, 3.05) is 11.1 Å². The molecule has 0 spiro atoms. The highest BCUT2D eigenvalue weighted by Crippen LogP contribution is 2.10. The Labute approximate surface area is 135 Å². The second-order valence-electron chi connectivity index (χ2n) is 5.49. The Bertz CT molecular complexity index is 703. The van der Waals surface area contributed by atoms with Gasteiger partial charge in [-0.15, -0.1) is 0 Å². The summed E-state index contributed by atoms with van der Waals surface area (Å²) in [4.78, 5) is 15.9. The fraction of sp³-hybridized carbons (Fsp3) is 0.400. The number of anilines is 1. The van der Waals surface area contributed by atoms with Crippen molar-refractivity contribution in [1.82, 2.24) is 10.1 Å². The number of amides is 1. The summed E-state index contributed by atoms with van der Waals surface area (Å²) in [6.07, 6.45) is 0.677. The van der Waals surface area contributed by atoms with Crippen LogP contribution in [0.3, 0.4) is 0 Å². The topological polar surface area (TPSA) is 85.1 Å². The maximum Gasteiger partial charge on any atom is 0.239 e. The first kappa shape index (κ1) is 17.3. The van der Waals surface area contributed by atoms with Crippen molar-refractivity contribution in [1.29, 1.82) is 0 Å². The van der Waals surface area contributed by atoms with Crippen LogP contribution in [0.25, 0.3) is 0 Å². The van der Waals surface area contributed by atoms with Gasteiger partial charge in [0.2, 0.25) is 11.8 Å². The molecule has 0 aliphatic carbocycles. The van der Waals surface area contributed by atoms with Crippen molar-refractivity contribution in [3.63, 3.8) is 0 Å². The van der Waals surface area contributed by atoms with E-state index < -0.39 is 22.5 Å². The Morgan fingerprint density at radius 3 is 2.91 bits per heavy atom. The van der Waals surface area contributed by atoms with Gasteiger partial charge in [0.1, 0.15) is 17.3 Å². The van der Waals surface area contributed by atoms with Crippen molar-refractivity contribution in [2.24, 2.45) is 5.92 Å². The van der Waals surface area contributed by atoms with Crippen LogP contribution in [-0.2, 0) is 27.8 Å². The lowest BCUT2D eigenvalue weighted by Gasteiger charge is -2.04. The van der Waals surface area contributed by atoms with Crippen LogP contribution in [0.5, 0.6) is 0 Å². The third-order valence-corrected chi connectivity index (χ3v) is 3.94. The Hall–Kier alpha value is -2.09. The fourth-order valence-electron chi connectivity index (χ4n) is 1.90. The molecule has 1 aromatic carbocycles. The summed E-state index contributed by atoms with van der Waals surface area (Å²) >= 11 is 0. The lowest BCUT2D eigenvalue weighted by atomic mass is 10.1. The lowest BCUT2D eigenvalue weighted by molar-refractivity contribution is -0.113. The summed E-state index contributed by atoms with van der Waals surface area (Å²) in [5.41, 5.74) is 0.323. The van der Waals surface area contributed by atoms with Gasteiger partial charge in [0.25, 0.3) is 0 Å². The smallest absolute Gasteiger partial charge is 0.239 e. The normalized spacial score (nSPS) is 12.3. The maximum absolute atomic E-state index is 13.0. The summed E-state index contributed by atoms with van der Waals surface area (Å²) in [5, 5.41) is 6.30. The molecule has 0 radical (unpaired) electrons. The van der Waals surface area contributed by atoms with Gasteiger partial charge in [-0.05, 0) is 24.1 Å². The monoisotopic (exact) mass is 339 g/mol. The fourth-order valence-corrected chi connectivity index (χ4v) is 2.75. The average molecular weight is 339 g/mol. The van der Waals surface area contributed by atoms with Gasteiger partial charge in [0, 0.05) is 22.9 Å². The van der Waals surface area contributed by atoms with E-state index in [2.05, 4.69) is 15.5 Å². The van der Waals surface area contributed by atoms with Gasteiger partial charge in [-0.3, -0.25) is 9.00 Å². The summed E-state index contributed by atoms with van der Waals surface area (Å²) in [6.45, 7) is 4.07. The molecule has 0 bridgehead atoms. The van der Waals surface area contributed by atoms with Gasteiger partial charge in [0.05, 0.1) is 0 Å². The molecular formula is C15H18FN3O3S. The zero-order valence-corrected chi connectivity index (χ0v) is 13.7. The van der Waals surface area contributed by atoms with Gasteiger partial charge in [0.15, 0.2) is 5.82 Å². The molecule has 1 aromatic heterocycles. The van der Waals surface area contributed by atoms with Crippen molar-refractivity contribution in [2.45, 2.75) is 26.0 Å². The third-order valence-electron chi connectivity index (χ3n) is 2.79. The Kier molecular flexibility index (Phi) is 5.97. The van der Waals surface area contributed by atoms with Crippen molar-refractivity contribution in [3.8, 4) is 0 Å². The summed E-state index contributed by atoms with van der Waals surface area (Å²) < 4.78 is 30.0. The second-order valence-corrected chi connectivity index (χ2v) is 6.95. The number of rotatable bonds is 7. The van der Waals surface area contributed by atoms with Gasteiger partial charge in [-0.1, -0.05) is 25.1 Å². The van der Waals surface area contributed by atoms with E-state index in [4.69, 9.17) is 4.52 Å². The molecule has 1 heterocycles. The number of carbonyl (C=O) groups excluding carboxylic acids is 1. The molecule has 2 aromatic rings. The van der Waals surface area contributed by atoms with Gasteiger partial charge in [-0.2, -0.15) is 4.98 Å². The van der Waals surface area contributed by atoms with Crippen LogP contribution in [0.1, 0.15) is 25.6 Å². The first-order valence-corrected chi connectivity index (χ1v) is 8.63. The van der Waals surface area contributed by atoms with E-state index in [0.717, 1.165) is 0 Å². The van der Waals surface area contributed by atoms with Crippen molar-refractivity contribution in [3.05, 3.63) is 41.8 Å². The predicted octanol–water partition coefficient (Wildman–Crippen LogP) is 2.29. The molecule has 1 N–H and O–H groups in total. The predicted molar refractivity (Wildman–Crippen MR) is 84.6 cm³/mol. The zero-order valence-electron chi connectivity index (χ0n) is 12.9. The number of benzene rings is 1. The molecule has 0 saturated heterocycles. The number of hydrogen-bond donors (Lipinski definition) is 1. The highest BCUT2D eigenvalue weighted by atomic mass is 32.2. The Morgan fingerprint density at radius 1 is 1.43 bits per heavy atom. The maximum atomic E-state index is 13.0. The van der Waals surface area contributed by atoms with Crippen LogP contribution in [0.15, 0.2) is 28.8 Å².